The van der Waals surface area contributed by atoms with Gasteiger partial charge in [0.05, 0.1) is 12.0 Å². The molecule has 1 aromatic heterocycles. The van der Waals surface area contributed by atoms with Gasteiger partial charge in [-0.25, -0.2) is 5.43 Å². The molecule has 0 saturated carbocycles. The Hall–Kier alpha value is -2.71. The number of nitrogens with one attached hydrogen (secondary N) is 1. The van der Waals surface area contributed by atoms with E-state index in [1.165, 1.54) is 17.3 Å². The molecule has 0 aliphatic heterocycles. The minimum Gasteiger partial charge on any atom is -0.305 e. The Morgan fingerprint density at radius 1 is 1.22 bits per heavy atom. The van der Waals surface area contributed by atoms with Gasteiger partial charge >= 0.3 is 0 Å². The number of hydrazone groups is 1. The van der Waals surface area contributed by atoms with E-state index in [-0.39, 0.29) is 11.7 Å². The minimum absolute atomic E-state index is 0.196. The first-order valence-electron chi connectivity index (χ1n) is 10.2. The van der Waals surface area contributed by atoms with E-state index in [1.807, 2.05) is 48.9 Å². The topological polar surface area (TPSA) is 72.2 Å². The fraction of sp³-hybridized carbons (Fsp3) is 0.250. The number of halogens is 1. The van der Waals surface area contributed by atoms with Crippen LogP contribution < -0.4 is 5.43 Å². The van der Waals surface area contributed by atoms with E-state index in [1.54, 1.807) is 6.21 Å². The molecule has 8 heteroatoms. The summed E-state index contributed by atoms with van der Waals surface area (Å²) < 4.78 is 2.85. The number of hydrogen-bond acceptors (Lipinski definition) is 5. The summed E-state index contributed by atoms with van der Waals surface area (Å²) in [5.41, 5.74) is 6.88. The Labute approximate surface area is 201 Å². The van der Waals surface area contributed by atoms with Crippen molar-refractivity contribution in [3.8, 4) is 11.4 Å². The highest BCUT2D eigenvalue weighted by atomic mass is 79.9. The van der Waals surface area contributed by atoms with Crippen molar-refractivity contribution in [2.24, 2.45) is 12.1 Å². The summed E-state index contributed by atoms with van der Waals surface area (Å²) >= 11 is 4.79. The van der Waals surface area contributed by atoms with Crippen LogP contribution in [-0.4, -0.2) is 32.6 Å². The molecule has 32 heavy (non-hydrogen) atoms. The molecule has 0 fully saturated rings. The van der Waals surface area contributed by atoms with Gasteiger partial charge in [0.25, 0.3) is 5.91 Å². The highest BCUT2D eigenvalue weighted by molar-refractivity contribution is 9.10. The van der Waals surface area contributed by atoms with Crippen LogP contribution in [0.25, 0.3) is 17.5 Å². The minimum atomic E-state index is -0.202. The lowest BCUT2D eigenvalue weighted by atomic mass is 10.0. The molecule has 3 rings (SSSR count). The van der Waals surface area contributed by atoms with Crippen molar-refractivity contribution in [1.29, 1.82) is 0 Å². The summed E-state index contributed by atoms with van der Waals surface area (Å²) in [4.78, 5) is 12.2. The molecule has 0 atom stereocenters. The zero-order valence-corrected chi connectivity index (χ0v) is 20.9. The molecule has 2 aromatic carbocycles. The number of carbonyl (C=O) groups excluding carboxylic acids is 1. The van der Waals surface area contributed by atoms with Crippen molar-refractivity contribution in [3.05, 3.63) is 69.7 Å². The zero-order valence-electron chi connectivity index (χ0n) is 18.5. The molecule has 0 bridgehead atoms. The smallest absolute Gasteiger partial charge is 0.250 e. The Balaban J connectivity index is 1.51. The first kappa shape index (κ1) is 23.9. The Morgan fingerprint density at radius 3 is 2.66 bits per heavy atom. The lowest BCUT2D eigenvalue weighted by Crippen LogP contribution is -2.19. The van der Waals surface area contributed by atoms with Crippen molar-refractivity contribution in [2.75, 3.05) is 5.75 Å². The molecule has 1 N–H and O–H groups in total. The summed E-state index contributed by atoms with van der Waals surface area (Å²) in [7, 11) is 1.89. The number of amides is 1. The van der Waals surface area contributed by atoms with Crippen LogP contribution >= 0.6 is 27.7 Å². The Kier molecular flexibility index (Phi) is 8.41. The largest absolute Gasteiger partial charge is 0.305 e. The number of thioether (sulfide) groups is 1. The van der Waals surface area contributed by atoms with Crippen LogP contribution in [0.3, 0.4) is 0 Å². The van der Waals surface area contributed by atoms with Crippen LogP contribution in [-0.2, 0) is 11.8 Å². The lowest BCUT2D eigenvalue weighted by molar-refractivity contribution is -0.118. The first-order valence-corrected chi connectivity index (χ1v) is 12.0. The summed E-state index contributed by atoms with van der Waals surface area (Å²) in [6.45, 7) is 6.30. The van der Waals surface area contributed by atoms with Gasteiger partial charge in [-0.1, -0.05) is 84.0 Å². The predicted octanol–water partition coefficient (Wildman–Crippen LogP) is 5.67. The molecular weight excluding hydrogens is 486 g/mol. The van der Waals surface area contributed by atoms with E-state index in [2.05, 4.69) is 74.8 Å². The highest BCUT2D eigenvalue weighted by Gasteiger charge is 2.13. The van der Waals surface area contributed by atoms with Crippen molar-refractivity contribution < 1.29 is 4.79 Å². The van der Waals surface area contributed by atoms with Crippen LogP contribution in [0.5, 0.6) is 0 Å². The number of hydrogen-bond donors (Lipinski definition) is 1. The quantitative estimate of drug-likeness (QED) is 0.240. The van der Waals surface area contributed by atoms with Gasteiger partial charge in [0.2, 0.25) is 0 Å². The third kappa shape index (κ3) is 6.64. The molecule has 3 aromatic rings. The average Bonchev–Trinajstić information content (AvgIpc) is 3.13. The van der Waals surface area contributed by atoms with Crippen molar-refractivity contribution >= 4 is 45.9 Å². The molecule has 0 radical (unpaired) electrons. The van der Waals surface area contributed by atoms with Crippen LogP contribution in [0.1, 0.15) is 37.8 Å². The summed E-state index contributed by atoms with van der Waals surface area (Å²) in [5.74, 6) is 1.25. The average molecular weight is 512 g/mol. The number of benzene rings is 2. The van der Waals surface area contributed by atoms with E-state index in [4.69, 9.17) is 0 Å². The molecule has 166 valence electrons. The van der Waals surface area contributed by atoms with E-state index in [9.17, 15) is 4.79 Å². The van der Waals surface area contributed by atoms with Crippen LogP contribution in [0, 0.1) is 0 Å². The molecule has 1 heterocycles. The predicted molar refractivity (Wildman–Crippen MR) is 136 cm³/mol. The van der Waals surface area contributed by atoms with Gasteiger partial charge in [-0.05, 0) is 41.7 Å². The molecule has 0 unspecified atom stereocenters. The first-order chi connectivity index (χ1) is 15.3. The number of aromatic nitrogens is 3. The maximum Gasteiger partial charge on any atom is 0.250 e. The molecule has 0 aliphatic rings. The van der Waals surface area contributed by atoms with Gasteiger partial charge in [-0.3, -0.25) is 4.79 Å². The van der Waals surface area contributed by atoms with Crippen LogP contribution in [0.2, 0.25) is 0 Å². The third-order valence-corrected chi connectivity index (χ3v) is 6.22. The zero-order chi connectivity index (χ0) is 23.1. The van der Waals surface area contributed by atoms with Gasteiger partial charge in [-0.2, -0.15) is 5.10 Å². The summed E-state index contributed by atoms with van der Waals surface area (Å²) in [5, 5.41) is 13.2. The lowest BCUT2D eigenvalue weighted by Gasteiger charge is -2.05. The fourth-order valence-electron chi connectivity index (χ4n) is 2.97. The van der Waals surface area contributed by atoms with Gasteiger partial charge in [0.1, 0.15) is 0 Å². The summed E-state index contributed by atoms with van der Waals surface area (Å²) in [6, 6.07) is 16.3. The second kappa shape index (κ2) is 11.2. The molecule has 1 amide bonds. The molecular formula is C24H26BrN5OS. The molecule has 0 saturated heterocycles. The third-order valence-electron chi connectivity index (χ3n) is 4.70. The van der Waals surface area contributed by atoms with E-state index in [0.717, 1.165) is 27.0 Å². The standard InChI is InChI=1S/C24H26BrN5OS/c1-16(2)19-10-8-18(9-11-19)12-17(3)14-26-27-22(31)15-32-24-29-28-23(30(24)4)20-6-5-7-21(25)13-20/h5-14,16H,15H2,1-4H3,(H,27,31)/b17-12+,26-14-. The maximum absolute atomic E-state index is 12.2. The van der Waals surface area contributed by atoms with Crippen LogP contribution in [0.15, 0.2) is 68.8 Å². The number of rotatable bonds is 8. The maximum atomic E-state index is 12.2. The van der Waals surface area contributed by atoms with Gasteiger partial charge in [-0.15, -0.1) is 10.2 Å². The normalized spacial score (nSPS) is 12.0. The van der Waals surface area contributed by atoms with Gasteiger partial charge < -0.3 is 4.57 Å². The number of allylic oxidation sites excluding steroid dienone is 1. The SMILES string of the molecule is CC(/C=N\NC(=O)CSc1nnc(-c2cccc(Br)c2)n1C)=C\c1ccc(C(C)C)cc1. The van der Waals surface area contributed by atoms with Crippen molar-refractivity contribution in [1.82, 2.24) is 20.2 Å². The number of carbonyl (C=O) groups is 1. The van der Waals surface area contributed by atoms with E-state index in [0.29, 0.717) is 11.1 Å². The summed E-state index contributed by atoms with van der Waals surface area (Å²) in [6.07, 6.45) is 3.67. The monoisotopic (exact) mass is 511 g/mol. The highest BCUT2D eigenvalue weighted by Crippen LogP contribution is 2.24. The fourth-order valence-corrected chi connectivity index (χ4v) is 4.07. The van der Waals surface area contributed by atoms with Crippen molar-refractivity contribution in [3.63, 3.8) is 0 Å². The second-order valence-corrected chi connectivity index (χ2v) is 9.53. The molecule has 0 spiro atoms. The molecule has 0 aliphatic carbocycles. The number of nitrogens with zero attached hydrogens (tertiary/aromatic N) is 4. The van der Waals surface area contributed by atoms with Gasteiger partial charge in [0.15, 0.2) is 11.0 Å². The van der Waals surface area contributed by atoms with E-state index >= 15 is 0 Å². The van der Waals surface area contributed by atoms with Gasteiger partial charge in [0, 0.05) is 17.1 Å². The Bertz CT molecular complexity index is 1140. The molecule has 6 nitrogen and oxygen atoms in total. The van der Waals surface area contributed by atoms with E-state index < -0.39 is 0 Å². The Morgan fingerprint density at radius 2 is 1.97 bits per heavy atom. The van der Waals surface area contributed by atoms with Crippen LogP contribution in [0.4, 0.5) is 0 Å². The van der Waals surface area contributed by atoms with Crippen molar-refractivity contribution in [2.45, 2.75) is 31.8 Å². The second-order valence-electron chi connectivity index (χ2n) is 7.67.